The van der Waals surface area contributed by atoms with Crippen LogP contribution in [-0.4, -0.2) is 51.1 Å². The van der Waals surface area contributed by atoms with E-state index in [0.717, 1.165) is 25.9 Å². The van der Waals surface area contributed by atoms with Crippen LogP contribution in [0.1, 0.15) is 40.0 Å². The van der Waals surface area contributed by atoms with Crippen molar-refractivity contribution in [1.82, 2.24) is 14.3 Å². The van der Waals surface area contributed by atoms with Gasteiger partial charge < -0.3 is 10.1 Å². The molecule has 1 amide bonds. The zero-order chi connectivity index (χ0) is 15.9. The summed E-state index contributed by atoms with van der Waals surface area (Å²) >= 11 is 0. The molecule has 21 heavy (non-hydrogen) atoms. The van der Waals surface area contributed by atoms with Gasteiger partial charge in [0.2, 0.25) is 0 Å². The van der Waals surface area contributed by atoms with E-state index in [2.05, 4.69) is 5.32 Å². The van der Waals surface area contributed by atoms with E-state index in [1.165, 1.54) is 4.31 Å². The minimum Gasteiger partial charge on any atom is -0.446 e. The molecule has 0 aliphatic carbocycles. The Bertz CT molecular complexity index is 419. The van der Waals surface area contributed by atoms with Gasteiger partial charge in [0, 0.05) is 13.1 Å². The Hall–Kier alpha value is -0.860. The summed E-state index contributed by atoms with van der Waals surface area (Å²) in [6.45, 7) is 7.86. The summed E-state index contributed by atoms with van der Waals surface area (Å²) in [4.78, 5) is 11.5. The van der Waals surface area contributed by atoms with Crippen LogP contribution in [0.25, 0.3) is 0 Å². The Morgan fingerprint density at radius 2 is 2.19 bits per heavy atom. The molecule has 1 rings (SSSR count). The summed E-state index contributed by atoms with van der Waals surface area (Å²) in [5.41, 5.74) is 0. The topological polar surface area (TPSA) is 87.7 Å². The van der Waals surface area contributed by atoms with Gasteiger partial charge in [-0.15, -0.1) is 0 Å². The Morgan fingerprint density at radius 3 is 2.71 bits per heavy atom. The molecule has 0 spiro atoms. The Morgan fingerprint density at radius 1 is 1.48 bits per heavy atom. The van der Waals surface area contributed by atoms with Gasteiger partial charge >= 0.3 is 16.3 Å². The van der Waals surface area contributed by atoms with Crippen molar-refractivity contribution in [3.05, 3.63) is 0 Å². The molecule has 1 aliphatic rings. The molecule has 2 N–H and O–H groups in total. The molecule has 0 aromatic carbocycles. The van der Waals surface area contributed by atoms with Crippen molar-refractivity contribution in [2.75, 3.05) is 26.2 Å². The van der Waals surface area contributed by atoms with Crippen molar-refractivity contribution < 1.29 is 17.9 Å². The minimum absolute atomic E-state index is 0.281. The summed E-state index contributed by atoms with van der Waals surface area (Å²) in [6.07, 6.45) is 1.46. The summed E-state index contributed by atoms with van der Waals surface area (Å²) in [5.74, 6) is 0.281. The van der Waals surface area contributed by atoms with Gasteiger partial charge in [0.1, 0.15) is 0 Å². The molecule has 1 saturated heterocycles. The number of hydrogen-bond donors (Lipinski definition) is 2. The molecule has 124 valence electrons. The highest BCUT2D eigenvalue weighted by Crippen LogP contribution is 2.14. The quantitative estimate of drug-likeness (QED) is 0.732. The summed E-state index contributed by atoms with van der Waals surface area (Å²) in [5, 5.41) is 3.27. The summed E-state index contributed by atoms with van der Waals surface area (Å²) in [6, 6.07) is 0. The number of nitrogens with zero attached hydrogens (tertiary/aromatic N) is 1. The van der Waals surface area contributed by atoms with Crippen LogP contribution >= 0.6 is 0 Å². The molecule has 1 fully saturated rings. The maximum Gasteiger partial charge on any atom is 0.422 e. The van der Waals surface area contributed by atoms with Crippen LogP contribution in [0.5, 0.6) is 0 Å². The number of carbonyl (C=O) groups is 1. The molecular weight excluding hydrogens is 294 g/mol. The van der Waals surface area contributed by atoms with Crippen molar-refractivity contribution >= 4 is 16.3 Å². The number of piperidine rings is 1. The lowest BCUT2D eigenvalue weighted by Gasteiger charge is -2.29. The highest BCUT2D eigenvalue weighted by Gasteiger charge is 2.27. The summed E-state index contributed by atoms with van der Waals surface area (Å²) < 4.78 is 32.7. The average Bonchev–Trinajstić information content (AvgIpc) is 2.37. The molecule has 1 heterocycles. The summed E-state index contributed by atoms with van der Waals surface area (Å²) in [7, 11) is -3.85. The van der Waals surface area contributed by atoms with Crippen molar-refractivity contribution in [1.29, 1.82) is 0 Å². The van der Waals surface area contributed by atoms with Gasteiger partial charge in [-0.2, -0.15) is 12.7 Å². The molecule has 0 aromatic heterocycles. The van der Waals surface area contributed by atoms with Crippen LogP contribution in [0.4, 0.5) is 4.79 Å². The number of carbonyl (C=O) groups excluding carboxylic acids is 1. The predicted molar refractivity (Wildman–Crippen MR) is 81.1 cm³/mol. The van der Waals surface area contributed by atoms with Crippen LogP contribution in [-0.2, 0) is 14.9 Å². The van der Waals surface area contributed by atoms with E-state index in [1.807, 2.05) is 11.6 Å². The van der Waals surface area contributed by atoms with Crippen LogP contribution < -0.4 is 10.0 Å². The second kappa shape index (κ2) is 8.55. The lowest BCUT2D eigenvalue weighted by Crippen LogP contribution is -2.48. The average molecular weight is 321 g/mol. The zero-order valence-corrected chi connectivity index (χ0v) is 13.9. The van der Waals surface area contributed by atoms with E-state index in [-0.39, 0.29) is 12.0 Å². The van der Waals surface area contributed by atoms with Gasteiger partial charge in [-0.1, -0.05) is 6.92 Å². The van der Waals surface area contributed by atoms with Gasteiger partial charge in [-0.3, -0.25) is 0 Å². The first-order chi connectivity index (χ1) is 9.85. The normalized spacial score (nSPS) is 19.8. The molecule has 1 atom stereocenters. The Balaban J connectivity index is 2.65. The first-order valence-electron chi connectivity index (χ1n) is 7.54. The van der Waals surface area contributed by atoms with Crippen molar-refractivity contribution in [3.63, 3.8) is 0 Å². The highest BCUT2D eigenvalue weighted by molar-refractivity contribution is 7.87. The fourth-order valence-electron chi connectivity index (χ4n) is 2.33. The molecule has 8 heteroatoms. The fraction of sp³-hybridized carbons (Fsp3) is 0.923. The van der Waals surface area contributed by atoms with Crippen LogP contribution in [0.15, 0.2) is 0 Å². The van der Waals surface area contributed by atoms with Gasteiger partial charge in [-0.25, -0.2) is 9.52 Å². The first kappa shape index (κ1) is 18.2. The molecular formula is C13H27N3O4S. The standard InChI is InChI=1S/C13H27N3O4S/c1-4-8-16(10-12-6-5-7-14-9-12)21(18,19)15-13(17)20-11(2)3/h11-12,14H,4-10H2,1-3H3,(H,15,17). The molecule has 1 aliphatic heterocycles. The van der Waals surface area contributed by atoms with Crippen LogP contribution in [0, 0.1) is 5.92 Å². The third-order valence-corrected chi connectivity index (χ3v) is 4.66. The lowest BCUT2D eigenvalue weighted by atomic mass is 10.00. The van der Waals surface area contributed by atoms with Gasteiger partial charge in [0.25, 0.3) is 0 Å². The smallest absolute Gasteiger partial charge is 0.422 e. The highest BCUT2D eigenvalue weighted by atomic mass is 32.2. The molecule has 7 nitrogen and oxygen atoms in total. The lowest BCUT2D eigenvalue weighted by molar-refractivity contribution is 0.120. The number of ether oxygens (including phenoxy) is 1. The zero-order valence-electron chi connectivity index (χ0n) is 13.1. The maximum absolute atomic E-state index is 12.3. The molecule has 0 radical (unpaired) electrons. The molecule has 0 saturated carbocycles. The van der Waals surface area contributed by atoms with E-state index >= 15 is 0 Å². The number of hydrogen-bond acceptors (Lipinski definition) is 5. The molecule has 0 aromatic rings. The SMILES string of the molecule is CCCN(CC1CCCNC1)S(=O)(=O)NC(=O)OC(C)C. The van der Waals surface area contributed by atoms with E-state index in [4.69, 9.17) is 4.74 Å². The van der Waals surface area contributed by atoms with E-state index < -0.39 is 16.3 Å². The monoisotopic (exact) mass is 321 g/mol. The van der Waals surface area contributed by atoms with E-state index in [1.54, 1.807) is 13.8 Å². The Labute approximate surface area is 127 Å². The second-order valence-corrected chi connectivity index (χ2v) is 7.30. The largest absolute Gasteiger partial charge is 0.446 e. The Kier molecular flexibility index (Phi) is 7.41. The van der Waals surface area contributed by atoms with E-state index in [9.17, 15) is 13.2 Å². The van der Waals surface area contributed by atoms with E-state index in [0.29, 0.717) is 19.5 Å². The first-order valence-corrected chi connectivity index (χ1v) is 8.98. The predicted octanol–water partition coefficient (Wildman–Crippen LogP) is 1.08. The third-order valence-electron chi connectivity index (χ3n) is 3.23. The number of nitrogens with one attached hydrogen (secondary N) is 2. The van der Waals surface area contributed by atoms with Gasteiger partial charge in [0.05, 0.1) is 6.10 Å². The van der Waals surface area contributed by atoms with Crippen molar-refractivity contribution in [2.24, 2.45) is 5.92 Å². The van der Waals surface area contributed by atoms with Gasteiger partial charge in [0.15, 0.2) is 0 Å². The second-order valence-electron chi connectivity index (χ2n) is 5.63. The molecule has 0 bridgehead atoms. The molecule has 1 unspecified atom stereocenters. The third kappa shape index (κ3) is 6.62. The maximum atomic E-state index is 12.3. The van der Waals surface area contributed by atoms with Crippen molar-refractivity contribution in [3.8, 4) is 0 Å². The number of rotatable bonds is 7. The van der Waals surface area contributed by atoms with Crippen LogP contribution in [0.2, 0.25) is 0 Å². The minimum atomic E-state index is -3.85. The van der Waals surface area contributed by atoms with Crippen molar-refractivity contribution in [2.45, 2.75) is 46.1 Å². The number of amides is 1. The fourth-order valence-corrected chi connectivity index (χ4v) is 3.55. The van der Waals surface area contributed by atoms with Crippen LogP contribution in [0.3, 0.4) is 0 Å². The van der Waals surface area contributed by atoms with Gasteiger partial charge in [-0.05, 0) is 52.1 Å².